The molecule has 0 saturated carbocycles. The van der Waals surface area contributed by atoms with Gasteiger partial charge in [-0.2, -0.15) is 0 Å². The third kappa shape index (κ3) is 5.60. The molecule has 23 heavy (non-hydrogen) atoms. The van der Waals surface area contributed by atoms with Crippen molar-refractivity contribution < 1.29 is 19.4 Å². The maximum absolute atomic E-state index is 11.4. The molecule has 0 aliphatic carbocycles. The van der Waals surface area contributed by atoms with Crippen molar-refractivity contribution in [2.45, 2.75) is 38.4 Å². The van der Waals surface area contributed by atoms with Gasteiger partial charge in [0, 0.05) is 0 Å². The number of aldehydes is 1. The smallest absolute Gasteiger partial charge is 0.151 e. The molecule has 0 spiro atoms. The highest BCUT2D eigenvalue weighted by molar-refractivity contribution is 5.57. The molecule has 0 unspecified atom stereocenters. The molecule has 122 valence electrons. The fraction of sp³-hybridized carbons (Fsp3) is 0.316. The van der Waals surface area contributed by atoms with Gasteiger partial charge in [0.05, 0.1) is 19.3 Å². The van der Waals surface area contributed by atoms with Crippen molar-refractivity contribution in [2.24, 2.45) is 0 Å². The molecule has 1 N–H and O–H groups in total. The molecule has 3 atom stereocenters. The van der Waals surface area contributed by atoms with Gasteiger partial charge in [0.25, 0.3) is 0 Å². The van der Waals surface area contributed by atoms with Crippen LogP contribution in [-0.4, -0.2) is 29.7 Å². The number of hydrogen-bond donors (Lipinski definition) is 1. The zero-order valence-electron chi connectivity index (χ0n) is 13.2. The van der Waals surface area contributed by atoms with Gasteiger partial charge >= 0.3 is 0 Å². The zero-order valence-corrected chi connectivity index (χ0v) is 13.2. The number of ether oxygens (including phenoxy) is 2. The summed E-state index contributed by atoms with van der Waals surface area (Å²) < 4.78 is 11.4. The molecule has 4 nitrogen and oxygen atoms in total. The lowest BCUT2D eigenvalue weighted by Crippen LogP contribution is -2.40. The van der Waals surface area contributed by atoms with Gasteiger partial charge in [-0.25, -0.2) is 0 Å². The Balaban J connectivity index is 1.94. The molecule has 2 aromatic carbocycles. The average molecular weight is 314 g/mol. The van der Waals surface area contributed by atoms with Crippen molar-refractivity contribution in [3.8, 4) is 0 Å². The van der Waals surface area contributed by atoms with Crippen LogP contribution in [0.15, 0.2) is 60.7 Å². The number of benzene rings is 2. The van der Waals surface area contributed by atoms with E-state index in [0.717, 1.165) is 11.1 Å². The van der Waals surface area contributed by atoms with Crippen LogP contribution in [0.3, 0.4) is 0 Å². The molecular formula is C19H22O4. The second kappa shape index (κ2) is 9.20. The second-order valence-corrected chi connectivity index (χ2v) is 5.40. The van der Waals surface area contributed by atoms with Crippen molar-refractivity contribution in [2.75, 3.05) is 0 Å². The lowest BCUT2D eigenvalue weighted by molar-refractivity contribution is -0.146. The van der Waals surface area contributed by atoms with Gasteiger partial charge < -0.3 is 19.4 Å². The van der Waals surface area contributed by atoms with E-state index in [1.807, 2.05) is 60.7 Å². The molecule has 0 aliphatic rings. The van der Waals surface area contributed by atoms with Crippen molar-refractivity contribution >= 4 is 6.29 Å². The van der Waals surface area contributed by atoms with Crippen molar-refractivity contribution in [3.63, 3.8) is 0 Å². The average Bonchev–Trinajstić information content (AvgIpc) is 2.59. The number of aliphatic hydroxyl groups excluding tert-OH is 1. The Kier molecular flexibility index (Phi) is 6.94. The van der Waals surface area contributed by atoms with E-state index in [2.05, 4.69) is 0 Å². The first-order chi connectivity index (χ1) is 11.2. The van der Waals surface area contributed by atoms with Crippen LogP contribution in [-0.2, 0) is 27.5 Å². The van der Waals surface area contributed by atoms with E-state index in [1.165, 1.54) is 0 Å². The third-order valence-electron chi connectivity index (χ3n) is 3.50. The molecule has 0 aliphatic heterocycles. The van der Waals surface area contributed by atoms with Crippen molar-refractivity contribution in [1.29, 1.82) is 0 Å². The van der Waals surface area contributed by atoms with Crippen LogP contribution in [0.2, 0.25) is 0 Å². The van der Waals surface area contributed by atoms with E-state index < -0.39 is 18.3 Å². The highest BCUT2D eigenvalue weighted by atomic mass is 16.5. The lowest BCUT2D eigenvalue weighted by Gasteiger charge is -2.26. The highest BCUT2D eigenvalue weighted by Gasteiger charge is 2.27. The van der Waals surface area contributed by atoms with Crippen LogP contribution >= 0.6 is 0 Å². The summed E-state index contributed by atoms with van der Waals surface area (Å²) in [7, 11) is 0. The summed E-state index contributed by atoms with van der Waals surface area (Å²) in [6.45, 7) is 2.20. The molecule has 0 bridgehead atoms. The standard InChI is InChI=1S/C19H22O4/c1-15(21)19(23-14-17-10-6-3-7-11-17)18(12-20)22-13-16-8-4-2-5-9-16/h2-12,15,18-19,21H,13-14H2,1H3/t15-,18+,19+/m1/s1. The van der Waals surface area contributed by atoms with Crippen LogP contribution in [0.1, 0.15) is 18.1 Å². The molecular weight excluding hydrogens is 292 g/mol. The molecule has 0 amide bonds. The minimum absolute atomic E-state index is 0.294. The van der Waals surface area contributed by atoms with E-state index in [-0.39, 0.29) is 0 Å². The molecule has 0 saturated heterocycles. The Hall–Kier alpha value is -2.01. The van der Waals surface area contributed by atoms with Crippen LogP contribution in [0.25, 0.3) is 0 Å². The van der Waals surface area contributed by atoms with Crippen LogP contribution < -0.4 is 0 Å². The van der Waals surface area contributed by atoms with Crippen LogP contribution in [0, 0.1) is 0 Å². The zero-order chi connectivity index (χ0) is 16.5. The van der Waals surface area contributed by atoms with E-state index >= 15 is 0 Å². The number of carbonyl (C=O) groups excluding carboxylic acids is 1. The minimum atomic E-state index is -0.820. The number of hydrogen-bond acceptors (Lipinski definition) is 4. The fourth-order valence-corrected chi connectivity index (χ4v) is 2.25. The first-order valence-electron chi connectivity index (χ1n) is 7.65. The summed E-state index contributed by atoms with van der Waals surface area (Å²) in [6.07, 6.45) is -1.66. The van der Waals surface area contributed by atoms with Crippen LogP contribution in [0.5, 0.6) is 0 Å². The van der Waals surface area contributed by atoms with E-state index in [9.17, 15) is 9.90 Å². The monoisotopic (exact) mass is 314 g/mol. The Labute approximate surface area is 136 Å². The molecule has 2 rings (SSSR count). The molecule has 0 heterocycles. The van der Waals surface area contributed by atoms with Gasteiger partial charge in [-0.05, 0) is 18.1 Å². The number of rotatable bonds is 9. The van der Waals surface area contributed by atoms with Gasteiger partial charge in [-0.3, -0.25) is 0 Å². The summed E-state index contributed by atoms with van der Waals surface area (Å²) in [5.41, 5.74) is 1.94. The van der Waals surface area contributed by atoms with Gasteiger partial charge in [-0.15, -0.1) is 0 Å². The summed E-state index contributed by atoms with van der Waals surface area (Å²) in [5.74, 6) is 0. The number of aliphatic hydroxyl groups is 1. The first-order valence-corrected chi connectivity index (χ1v) is 7.65. The van der Waals surface area contributed by atoms with Crippen LogP contribution in [0.4, 0.5) is 0 Å². The quantitative estimate of drug-likeness (QED) is 0.723. The predicted octanol–water partition coefficient (Wildman–Crippen LogP) is 2.74. The Morgan fingerprint density at radius 2 is 1.39 bits per heavy atom. The second-order valence-electron chi connectivity index (χ2n) is 5.40. The molecule has 0 aromatic heterocycles. The van der Waals surface area contributed by atoms with Gasteiger partial charge in [0.1, 0.15) is 12.2 Å². The van der Waals surface area contributed by atoms with Gasteiger partial charge in [0.15, 0.2) is 6.29 Å². The van der Waals surface area contributed by atoms with E-state index in [4.69, 9.17) is 9.47 Å². The lowest BCUT2D eigenvalue weighted by atomic mass is 10.1. The van der Waals surface area contributed by atoms with Gasteiger partial charge in [0.2, 0.25) is 0 Å². The Bertz CT molecular complexity index is 568. The third-order valence-corrected chi connectivity index (χ3v) is 3.50. The topological polar surface area (TPSA) is 55.8 Å². The summed E-state index contributed by atoms with van der Waals surface area (Å²) in [6, 6.07) is 19.2. The maximum Gasteiger partial charge on any atom is 0.151 e. The van der Waals surface area contributed by atoms with E-state index in [1.54, 1.807) is 6.92 Å². The largest absolute Gasteiger partial charge is 0.391 e. The van der Waals surface area contributed by atoms with Crippen molar-refractivity contribution in [3.05, 3.63) is 71.8 Å². The first kappa shape index (κ1) is 17.3. The predicted molar refractivity (Wildman–Crippen MR) is 87.8 cm³/mol. The molecule has 2 aromatic rings. The SMILES string of the molecule is C[C@@H](O)[C@H](OCc1ccccc1)[C@H](C=O)OCc1ccccc1. The summed E-state index contributed by atoms with van der Waals surface area (Å²) in [5, 5.41) is 9.92. The van der Waals surface area contributed by atoms with Gasteiger partial charge in [-0.1, -0.05) is 60.7 Å². The molecule has 4 heteroatoms. The summed E-state index contributed by atoms with van der Waals surface area (Å²) in [4.78, 5) is 11.4. The van der Waals surface area contributed by atoms with Crippen molar-refractivity contribution in [1.82, 2.24) is 0 Å². The number of carbonyl (C=O) groups is 1. The summed E-state index contributed by atoms with van der Waals surface area (Å²) >= 11 is 0. The van der Waals surface area contributed by atoms with E-state index in [0.29, 0.717) is 19.5 Å². The molecule has 0 radical (unpaired) electrons. The highest BCUT2D eigenvalue weighted by Crippen LogP contribution is 2.13. The fourth-order valence-electron chi connectivity index (χ4n) is 2.25. The minimum Gasteiger partial charge on any atom is -0.391 e. The maximum atomic E-state index is 11.4. The molecule has 0 fully saturated rings. The Morgan fingerprint density at radius 3 is 1.83 bits per heavy atom. The Morgan fingerprint density at radius 1 is 0.913 bits per heavy atom. The normalized spacial score (nSPS) is 14.9.